The standard InChI is InChI=1S/C31H30N4O/c32-20-28-29(24-12-6-2-7-13-24)30(25-14-8-3-9-15-25)35(21-23-10-4-1-5-11-23)31(28)34-22-33-26-16-18-27(36)19-17-26/h1-15,22,26-27,36H,16-19,21H2,(H,33,34). The van der Waals surface area contributed by atoms with E-state index in [1.165, 1.54) is 0 Å². The summed E-state index contributed by atoms with van der Waals surface area (Å²) in [5.41, 5.74) is 5.71. The van der Waals surface area contributed by atoms with Gasteiger partial charge >= 0.3 is 0 Å². The second kappa shape index (κ2) is 11.1. The van der Waals surface area contributed by atoms with Crippen molar-refractivity contribution in [2.45, 2.75) is 44.4 Å². The zero-order valence-electron chi connectivity index (χ0n) is 20.2. The van der Waals surface area contributed by atoms with Gasteiger partial charge in [0.1, 0.15) is 17.5 Å². The molecule has 0 unspecified atom stereocenters. The second-order valence-corrected chi connectivity index (χ2v) is 9.25. The van der Waals surface area contributed by atoms with Gasteiger partial charge in [-0.2, -0.15) is 5.26 Å². The van der Waals surface area contributed by atoms with E-state index in [0.717, 1.165) is 59.4 Å². The number of nitriles is 1. The highest BCUT2D eigenvalue weighted by molar-refractivity contribution is 5.94. The molecule has 0 amide bonds. The summed E-state index contributed by atoms with van der Waals surface area (Å²) >= 11 is 0. The van der Waals surface area contributed by atoms with Crippen molar-refractivity contribution < 1.29 is 5.11 Å². The van der Waals surface area contributed by atoms with Crippen LogP contribution in [0.4, 0.5) is 5.82 Å². The highest BCUT2D eigenvalue weighted by Gasteiger charge is 2.25. The van der Waals surface area contributed by atoms with Gasteiger partial charge in [-0.25, -0.2) is 0 Å². The van der Waals surface area contributed by atoms with E-state index >= 15 is 0 Å². The molecule has 0 saturated heterocycles. The number of nitrogens with one attached hydrogen (secondary N) is 1. The molecule has 0 spiro atoms. The van der Waals surface area contributed by atoms with Crippen LogP contribution in [0.15, 0.2) is 96.0 Å². The van der Waals surface area contributed by atoms with Gasteiger partial charge < -0.3 is 15.0 Å². The molecule has 2 N–H and O–H groups in total. The first-order valence-electron chi connectivity index (χ1n) is 12.5. The number of aliphatic hydroxyl groups is 1. The van der Waals surface area contributed by atoms with Gasteiger partial charge in [0.15, 0.2) is 0 Å². The van der Waals surface area contributed by atoms with Crippen LogP contribution in [0.1, 0.15) is 36.8 Å². The molecule has 5 rings (SSSR count). The van der Waals surface area contributed by atoms with Crippen LogP contribution in [-0.2, 0) is 6.54 Å². The fourth-order valence-corrected chi connectivity index (χ4v) is 4.99. The molecule has 1 aromatic heterocycles. The Morgan fingerprint density at radius 3 is 2.06 bits per heavy atom. The van der Waals surface area contributed by atoms with Crippen molar-refractivity contribution in [3.8, 4) is 28.5 Å². The van der Waals surface area contributed by atoms with Crippen molar-refractivity contribution in [1.29, 1.82) is 5.26 Å². The van der Waals surface area contributed by atoms with E-state index in [-0.39, 0.29) is 12.1 Å². The van der Waals surface area contributed by atoms with Crippen molar-refractivity contribution in [2.24, 2.45) is 4.99 Å². The molecular formula is C31H30N4O. The van der Waals surface area contributed by atoms with E-state index in [2.05, 4.69) is 52.4 Å². The van der Waals surface area contributed by atoms with E-state index in [1.54, 1.807) is 6.34 Å². The monoisotopic (exact) mass is 474 g/mol. The summed E-state index contributed by atoms with van der Waals surface area (Å²) in [4.78, 5) is 4.75. The number of benzene rings is 3. The topological polar surface area (TPSA) is 73.3 Å². The lowest BCUT2D eigenvalue weighted by Crippen LogP contribution is -2.21. The first kappa shape index (κ1) is 23.6. The molecule has 1 aliphatic carbocycles. The molecule has 0 bridgehead atoms. The Bertz CT molecular complexity index is 1350. The summed E-state index contributed by atoms with van der Waals surface area (Å²) in [6, 6.07) is 33.4. The number of aliphatic imine (C=N–C) groups is 1. The normalized spacial score (nSPS) is 17.7. The Morgan fingerprint density at radius 2 is 1.44 bits per heavy atom. The number of rotatable bonds is 7. The van der Waals surface area contributed by atoms with E-state index in [0.29, 0.717) is 12.1 Å². The Morgan fingerprint density at radius 1 is 0.861 bits per heavy atom. The second-order valence-electron chi connectivity index (χ2n) is 9.25. The van der Waals surface area contributed by atoms with E-state index < -0.39 is 0 Å². The largest absolute Gasteiger partial charge is 0.393 e. The molecule has 5 nitrogen and oxygen atoms in total. The predicted octanol–water partition coefficient (Wildman–Crippen LogP) is 6.49. The van der Waals surface area contributed by atoms with Crippen LogP contribution in [0.5, 0.6) is 0 Å². The van der Waals surface area contributed by atoms with E-state index in [1.807, 2.05) is 54.6 Å². The van der Waals surface area contributed by atoms with Gasteiger partial charge in [-0.15, -0.1) is 0 Å². The lowest BCUT2D eigenvalue weighted by Gasteiger charge is -2.22. The molecule has 36 heavy (non-hydrogen) atoms. The van der Waals surface area contributed by atoms with Crippen molar-refractivity contribution in [3.05, 3.63) is 102 Å². The van der Waals surface area contributed by atoms with E-state index in [9.17, 15) is 10.4 Å². The minimum atomic E-state index is -0.209. The third-order valence-electron chi connectivity index (χ3n) is 6.82. The molecule has 0 atom stereocenters. The minimum Gasteiger partial charge on any atom is -0.393 e. The molecule has 180 valence electrons. The van der Waals surface area contributed by atoms with Crippen LogP contribution in [0.25, 0.3) is 22.4 Å². The number of anilines is 1. The predicted molar refractivity (Wildman–Crippen MR) is 146 cm³/mol. The Balaban J connectivity index is 1.65. The van der Waals surface area contributed by atoms with Crippen LogP contribution in [0.2, 0.25) is 0 Å². The zero-order chi connectivity index (χ0) is 24.7. The molecule has 5 heteroatoms. The van der Waals surface area contributed by atoms with Crippen LogP contribution in [-0.4, -0.2) is 28.2 Å². The smallest absolute Gasteiger partial charge is 0.130 e. The lowest BCUT2D eigenvalue weighted by molar-refractivity contribution is 0.123. The average molecular weight is 475 g/mol. The zero-order valence-corrected chi connectivity index (χ0v) is 20.2. The van der Waals surface area contributed by atoms with Crippen molar-refractivity contribution >= 4 is 12.2 Å². The molecule has 1 heterocycles. The first-order valence-corrected chi connectivity index (χ1v) is 12.5. The van der Waals surface area contributed by atoms with Crippen LogP contribution in [0, 0.1) is 11.3 Å². The fraction of sp³-hybridized carbons (Fsp3) is 0.226. The van der Waals surface area contributed by atoms with Gasteiger partial charge in [0, 0.05) is 12.1 Å². The van der Waals surface area contributed by atoms with Gasteiger partial charge in [0.2, 0.25) is 0 Å². The number of nitrogens with zero attached hydrogens (tertiary/aromatic N) is 3. The number of aromatic nitrogens is 1. The summed E-state index contributed by atoms with van der Waals surface area (Å²) in [6.07, 6.45) is 4.85. The molecule has 1 aliphatic rings. The third-order valence-corrected chi connectivity index (χ3v) is 6.82. The fourth-order valence-electron chi connectivity index (χ4n) is 4.99. The van der Waals surface area contributed by atoms with Gasteiger partial charge in [-0.05, 0) is 42.4 Å². The number of hydrogen-bond acceptors (Lipinski definition) is 3. The van der Waals surface area contributed by atoms with Crippen LogP contribution >= 0.6 is 0 Å². The maximum atomic E-state index is 10.4. The van der Waals surface area contributed by atoms with E-state index in [4.69, 9.17) is 4.99 Å². The Hall–Kier alpha value is -4.14. The molecular weight excluding hydrogens is 444 g/mol. The van der Waals surface area contributed by atoms with Crippen LogP contribution < -0.4 is 5.32 Å². The summed E-state index contributed by atoms with van der Waals surface area (Å²) in [5.74, 6) is 0.735. The van der Waals surface area contributed by atoms with Crippen molar-refractivity contribution in [1.82, 2.24) is 4.57 Å². The van der Waals surface area contributed by atoms with Gasteiger partial charge in [0.05, 0.1) is 24.2 Å². The maximum absolute atomic E-state index is 10.4. The molecule has 3 aromatic carbocycles. The summed E-state index contributed by atoms with van der Waals surface area (Å²) in [7, 11) is 0. The van der Waals surface area contributed by atoms with Crippen molar-refractivity contribution in [3.63, 3.8) is 0 Å². The molecule has 0 aliphatic heterocycles. The van der Waals surface area contributed by atoms with Gasteiger partial charge in [-0.3, -0.25) is 4.99 Å². The first-order chi connectivity index (χ1) is 17.7. The highest BCUT2D eigenvalue weighted by atomic mass is 16.3. The summed E-state index contributed by atoms with van der Waals surface area (Å²) in [5, 5.41) is 23.6. The highest BCUT2D eigenvalue weighted by Crippen LogP contribution is 2.41. The van der Waals surface area contributed by atoms with Crippen LogP contribution in [0.3, 0.4) is 0 Å². The van der Waals surface area contributed by atoms with Gasteiger partial charge in [-0.1, -0.05) is 91.0 Å². The third kappa shape index (κ3) is 5.10. The lowest BCUT2D eigenvalue weighted by atomic mass is 9.94. The quantitative estimate of drug-likeness (QED) is 0.238. The summed E-state index contributed by atoms with van der Waals surface area (Å²) < 4.78 is 2.20. The molecule has 4 aromatic rings. The molecule has 0 radical (unpaired) electrons. The Kier molecular flexibility index (Phi) is 7.25. The number of aliphatic hydroxyl groups excluding tert-OH is 1. The molecule has 1 fully saturated rings. The van der Waals surface area contributed by atoms with Gasteiger partial charge in [0.25, 0.3) is 0 Å². The Labute approximate surface area is 212 Å². The average Bonchev–Trinajstić information content (AvgIpc) is 3.24. The maximum Gasteiger partial charge on any atom is 0.130 e. The minimum absolute atomic E-state index is 0.186. The molecule has 1 saturated carbocycles. The summed E-state index contributed by atoms with van der Waals surface area (Å²) in [6.45, 7) is 0.609. The van der Waals surface area contributed by atoms with Crippen molar-refractivity contribution in [2.75, 3.05) is 5.32 Å². The SMILES string of the molecule is N#Cc1c(-c2ccccc2)c(-c2ccccc2)n(Cc2ccccc2)c1NC=NC1CCC(O)CC1. The number of hydrogen-bond donors (Lipinski definition) is 2.